The number of carboxylic acid groups (broad SMARTS) is 1. The standard InChI is InChI=1S/C27H43NO6/c1-15(4-5-17(14-29)28-13-24(33)34)19-6-7-20-25-21(12-23(32)27(19,20)3)26(2)9-8-18(30)10-16(26)11-22(25)31/h15-16,18-23,25,28,30-32H,4-13H2,1-3H3,(H,33,34)/t15?,16-,18+,19+,20-,21-,22+,23-,25-,26-,27+/m0/s1. The van der Waals surface area contributed by atoms with Crippen LogP contribution in [0.1, 0.15) is 78.6 Å². The van der Waals surface area contributed by atoms with Gasteiger partial charge in [-0.2, -0.15) is 0 Å². The highest BCUT2D eigenvalue weighted by molar-refractivity contribution is 5.70. The number of fused-ring (bicyclic) bond motifs is 5. The highest BCUT2D eigenvalue weighted by Crippen LogP contribution is 2.68. The molecule has 0 aromatic heterocycles. The molecule has 4 aliphatic carbocycles. The number of hydrogen-bond acceptors (Lipinski definition) is 6. The number of carbonyl (C=O) groups is 1. The zero-order valence-electron chi connectivity index (χ0n) is 20.9. The molecule has 5 N–H and O–H groups in total. The topological polar surface area (TPSA) is 127 Å². The molecule has 7 heteroatoms. The molecule has 4 saturated carbocycles. The molecule has 34 heavy (non-hydrogen) atoms. The van der Waals surface area contributed by atoms with Crippen molar-refractivity contribution in [3.8, 4) is 0 Å². The molecule has 0 spiro atoms. The first-order chi connectivity index (χ1) is 16.0. The number of aliphatic hydroxyl groups is 3. The average Bonchev–Trinajstić information content (AvgIpc) is 3.14. The number of carbonyl (C=O) groups excluding carboxylic acids is 1. The Morgan fingerprint density at radius 3 is 2.50 bits per heavy atom. The van der Waals surface area contributed by atoms with E-state index >= 15 is 0 Å². The van der Waals surface area contributed by atoms with Crippen LogP contribution >= 0.6 is 0 Å². The molecule has 0 aromatic carbocycles. The van der Waals surface area contributed by atoms with E-state index in [1.165, 1.54) is 0 Å². The predicted octanol–water partition coefficient (Wildman–Crippen LogP) is 2.75. The van der Waals surface area contributed by atoms with E-state index in [0.717, 1.165) is 44.9 Å². The van der Waals surface area contributed by atoms with Gasteiger partial charge >= 0.3 is 5.97 Å². The van der Waals surface area contributed by atoms with Crippen LogP contribution in [0.5, 0.6) is 0 Å². The SMILES string of the molecule is CC(CCC(=C=O)NCC(=O)O)[C@H]1CC[C@H]2[C@@H]3[C@H](O)C[C@@H]4C[C@H](O)CC[C@]4(C)[C@H]3C[C@H](O)[C@]12C. The maximum Gasteiger partial charge on any atom is 0.322 e. The van der Waals surface area contributed by atoms with E-state index in [4.69, 9.17) is 5.11 Å². The molecule has 11 atom stereocenters. The number of carboxylic acids is 1. The molecule has 0 saturated heterocycles. The van der Waals surface area contributed by atoms with Crippen LogP contribution in [-0.4, -0.2) is 57.2 Å². The molecule has 4 fully saturated rings. The Hall–Kier alpha value is -1.40. The largest absolute Gasteiger partial charge is 0.480 e. The molecule has 192 valence electrons. The van der Waals surface area contributed by atoms with Crippen molar-refractivity contribution in [3.63, 3.8) is 0 Å². The summed E-state index contributed by atoms with van der Waals surface area (Å²) in [4.78, 5) is 22.1. The first-order valence-corrected chi connectivity index (χ1v) is 13.3. The van der Waals surface area contributed by atoms with Crippen molar-refractivity contribution in [2.45, 2.75) is 96.9 Å². The van der Waals surface area contributed by atoms with E-state index in [-0.39, 0.29) is 59.2 Å². The molecule has 0 heterocycles. The maximum atomic E-state index is 11.6. The third-order valence-electron chi connectivity index (χ3n) is 10.9. The van der Waals surface area contributed by atoms with Crippen molar-refractivity contribution in [3.05, 3.63) is 5.70 Å². The van der Waals surface area contributed by atoms with Gasteiger partial charge in [0.25, 0.3) is 0 Å². The molecule has 0 radical (unpaired) electrons. The van der Waals surface area contributed by atoms with Crippen molar-refractivity contribution in [2.24, 2.45) is 46.3 Å². The van der Waals surface area contributed by atoms with Gasteiger partial charge in [0, 0.05) is 0 Å². The fourth-order valence-corrected chi connectivity index (χ4v) is 9.06. The molecule has 0 bridgehead atoms. The molecule has 0 aromatic rings. The molecule has 0 amide bonds. The third kappa shape index (κ3) is 4.23. The lowest BCUT2D eigenvalue weighted by Gasteiger charge is -2.63. The van der Waals surface area contributed by atoms with E-state index in [2.05, 4.69) is 26.1 Å². The van der Waals surface area contributed by atoms with Crippen LogP contribution in [0.3, 0.4) is 0 Å². The molecule has 1 unspecified atom stereocenters. The highest BCUT2D eigenvalue weighted by Gasteiger charge is 2.65. The van der Waals surface area contributed by atoms with Gasteiger partial charge in [0.1, 0.15) is 12.5 Å². The quantitative estimate of drug-likeness (QED) is 0.357. The summed E-state index contributed by atoms with van der Waals surface area (Å²) in [7, 11) is 0. The minimum Gasteiger partial charge on any atom is -0.480 e. The predicted molar refractivity (Wildman–Crippen MR) is 127 cm³/mol. The fourth-order valence-electron chi connectivity index (χ4n) is 9.06. The Kier molecular flexibility index (Phi) is 7.23. The first-order valence-electron chi connectivity index (χ1n) is 13.3. The number of hydrogen-bond donors (Lipinski definition) is 5. The molecule has 0 aliphatic heterocycles. The van der Waals surface area contributed by atoms with Crippen molar-refractivity contribution < 1.29 is 30.0 Å². The van der Waals surface area contributed by atoms with Crippen molar-refractivity contribution in [2.75, 3.05) is 6.54 Å². The third-order valence-corrected chi connectivity index (χ3v) is 10.9. The van der Waals surface area contributed by atoms with Gasteiger partial charge in [-0.25, -0.2) is 4.79 Å². The van der Waals surface area contributed by atoms with Crippen molar-refractivity contribution in [1.82, 2.24) is 5.32 Å². The average molecular weight is 478 g/mol. The van der Waals surface area contributed by atoms with Crippen molar-refractivity contribution in [1.29, 1.82) is 0 Å². The lowest BCUT2D eigenvalue weighted by Crippen LogP contribution is -2.62. The summed E-state index contributed by atoms with van der Waals surface area (Å²) in [5.41, 5.74) is 0.0759. The smallest absolute Gasteiger partial charge is 0.322 e. The van der Waals surface area contributed by atoms with Gasteiger partial charge in [-0.05, 0) is 104 Å². The highest BCUT2D eigenvalue weighted by atomic mass is 16.4. The number of rotatable bonds is 7. The summed E-state index contributed by atoms with van der Waals surface area (Å²) in [5.74, 6) is 2.41. The summed E-state index contributed by atoms with van der Waals surface area (Å²) in [6, 6.07) is 0. The number of aliphatic hydroxyl groups excluding tert-OH is 3. The molecule has 4 aliphatic rings. The Morgan fingerprint density at radius 2 is 1.82 bits per heavy atom. The molecular formula is C27H43NO6. The van der Waals surface area contributed by atoms with Gasteiger partial charge in [-0.15, -0.1) is 0 Å². The van der Waals surface area contributed by atoms with Crippen LogP contribution < -0.4 is 5.32 Å². The van der Waals surface area contributed by atoms with Gasteiger partial charge < -0.3 is 25.7 Å². The molecule has 7 nitrogen and oxygen atoms in total. The molecule has 4 rings (SSSR count). The summed E-state index contributed by atoms with van der Waals surface area (Å²) < 4.78 is 0. The van der Waals surface area contributed by atoms with E-state index < -0.39 is 12.1 Å². The summed E-state index contributed by atoms with van der Waals surface area (Å²) in [6.45, 7) is 6.44. The van der Waals surface area contributed by atoms with Gasteiger partial charge in [0.05, 0.1) is 24.0 Å². The number of aliphatic carboxylic acids is 1. The lowest BCUT2D eigenvalue weighted by molar-refractivity contribution is -0.207. The minimum atomic E-state index is -1.01. The van der Waals surface area contributed by atoms with Gasteiger partial charge in [-0.3, -0.25) is 4.79 Å². The molecular weight excluding hydrogens is 434 g/mol. The monoisotopic (exact) mass is 477 g/mol. The van der Waals surface area contributed by atoms with E-state index in [1.54, 1.807) is 0 Å². The zero-order valence-corrected chi connectivity index (χ0v) is 20.9. The summed E-state index contributed by atoms with van der Waals surface area (Å²) in [5, 5.41) is 44.8. The zero-order chi connectivity index (χ0) is 24.8. The fraction of sp³-hybridized carbons (Fsp3) is 0.889. The first kappa shape index (κ1) is 25.7. The van der Waals surface area contributed by atoms with Crippen LogP contribution in [0.2, 0.25) is 0 Å². The van der Waals surface area contributed by atoms with Crippen LogP contribution in [0.25, 0.3) is 0 Å². The van der Waals surface area contributed by atoms with Crippen LogP contribution in [0.15, 0.2) is 5.70 Å². The van der Waals surface area contributed by atoms with Crippen LogP contribution in [0.4, 0.5) is 0 Å². The van der Waals surface area contributed by atoms with Gasteiger partial charge in [-0.1, -0.05) is 20.8 Å². The second kappa shape index (κ2) is 9.57. The van der Waals surface area contributed by atoms with Gasteiger partial charge in [0.2, 0.25) is 0 Å². The van der Waals surface area contributed by atoms with E-state index in [9.17, 15) is 24.9 Å². The summed E-state index contributed by atoms with van der Waals surface area (Å²) >= 11 is 0. The van der Waals surface area contributed by atoms with Crippen molar-refractivity contribution >= 4 is 11.9 Å². The Bertz CT molecular complexity index is 826. The number of allylic oxidation sites excluding steroid dienone is 1. The van der Waals surface area contributed by atoms with Crippen LogP contribution in [0, 0.1) is 46.3 Å². The second-order valence-corrected chi connectivity index (χ2v) is 12.4. The Balaban J connectivity index is 1.50. The maximum absolute atomic E-state index is 11.6. The normalized spacial score (nSPS) is 46.4. The Morgan fingerprint density at radius 1 is 1.09 bits per heavy atom. The second-order valence-electron chi connectivity index (χ2n) is 12.4. The lowest BCUT2D eigenvalue weighted by atomic mass is 9.43. The van der Waals surface area contributed by atoms with Gasteiger partial charge in [0.15, 0.2) is 0 Å². The number of nitrogens with one attached hydrogen (secondary N) is 1. The van der Waals surface area contributed by atoms with E-state index in [1.807, 2.05) is 5.94 Å². The minimum absolute atomic E-state index is 0.0641. The van der Waals surface area contributed by atoms with E-state index in [0.29, 0.717) is 24.5 Å². The Labute approximate surface area is 203 Å². The summed E-state index contributed by atoms with van der Waals surface area (Å²) in [6.07, 6.45) is 6.07. The van der Waals surface area contributed by atoms with Crippen LogP contribution in [-0.2, 0) is 9.59 Å².